The lowest BCUT2D eigenvalue weighted by atomic mass is 10.0. The second-order valence-electron chi connectivity index (χ2n) is 6.03. The Kier molecular flexibility index (Phi) is 4.33. The fourth-order valence-corrected chi connectivity index (χ4v) is 3.88. The van der Waals surface area contributed by atoms with Crippen LogP contribution in [0.4, 0.5) is 5.69 Å². The summed E-state index contributed by atoms with van der Waals surface area (Å²) in [5.41, 5.74) is 6.80. The lowest BCUT2D eigenvalue weighted by molar-refractivity contribution is 0.163. The molecule has 1 aromatic rings. The molecule has 2 aliphatic heterocycles. The van der Waals surface area contributed by atoms with E-state index in [2.05, 4.69) is 30.8 Å². The fourth-order valence-electron chi connectivity index (χ4n) is 3.27. The number of hydrogen-bond acceptors (Lipinski definition) is 5. The number of anilines is 1. The maximum atomic E-state index is 12.0. The van der Waals surface area contributed by atoms with Crippen molar-refractivity contribution in [1.82, 2.24) is 14.7 Å². The first-order chi connectivity index (χ1) is 10.1. The number of aryl methyl sites for hydroxylation is 1. The highest BCUT2D eigenvalue weighted by Crippen LogP contribution is 2.28. The molecule has 2 N–H and O–H groups in total. The highest BCUT2D eigenvalue weighted by atomic mass is 79.9. The number of likely N-dealkylation sites (tertiary alicyclic amines) is 1. The van der Waals surface area contributed by atoms with E-state index in [9.17, 15) is 4.79 Å². The van der Waals surface area contributed by atoms with Gasteiger partial charge in [-0.3, -0.25) is 9.69 Å². The van der Waals surface area contributed by atoms with E-state index in [-0.39, 0.29) is 5.56 Å². The molecular weight excluding hydrogens is 334 g/mol. The van der Waals surface area contributed by atoms with Crippen molar-refractivity contribution in [3.63, 3.8) is 0 Å². The minimum absolute atomic E-state index is 0.0834. The molecule has 116 valence electrons. The number of rotatable bonds is 2. The van der Waals surface area contributed by atoms with Crippen molar-refractivity contribution < 1.29 is 0 Å². The molecular formula is C14H22BrN5O. The predicted molar refractivity (Wildman–Crippen MR) is 86.6 cm³/mol. The van der Waals surface area contributed by atoms with Gasteiger partial charge in [0.25, 0.3) is 5.56 Å². The SMILES string of the molecule is Cn1ncc(N2CCC(N3CCC(N)CC3)C2)c(Br)c1=O. The Morgan fingerprint density at radius 2 is 2.00 bits per heavy atom. The quantitative estimate of drug-likeness (QED) is 0.838. The number of nitrogens with two attached hydrogens (primary N) is 1. The molecule has 2 fully saturated rings. The van der Waals surface area contributed by atoms with Crippen LogP contribution in [0.15, 0.2) is 15.5 Å². The summed E-state index contributed by atoms with van der Waals surface area (Å²) in [6.07, 6.45) is 5.10. The molecule has 2 aliphatic rings. The minimum Gasteiger partial charge on any atom is -0.368 e. The molecule has 0 saturated carbocycles. The summed E-state index contributed by atoms with van der Waals surface area (Å²) in [4.78, 5) is 16.8. The average Bonchev–Trinajstić information content (AvgIpc) is 2.95. The Hall–Kier alpha value is -0.920. The summed E-state index contributed by atoms with van der Waals surface area (Å²) in [5.74, 6) is 0. The summed E-state index contributed by atoms with van der Waals surface area (Å²) >= 11 is 3.42. The Morgan fingerprint density at radius 1 is 1.29 bits per heavy atom. The van der Waals surface area contributed by atoms with Crippen LogP contribution in [0.5, 0.6) is 0 Å². The zero-order valence-electron chi connectivity index (χ0n) is 12.3. The average molecular weight is 356 g/mol. The lowest BCUT2D eigenvalue weighted by Gasteiger charge is -2.34. The van der Waals surface area contributed by atoms with Crippen LogP contribution in [0, 0.1) is 0 Å². The zero-order valence-corrected chi connectivity index (χ0v) is 13.9. The van der Waals surface area contributed by atoms with Crippen LogP contribution in [0.1, 0.15) is 19.3 Å². The first-order valence-corrected chi connectivity index (χ1v) is 8.32. The van der Waals surface area contributed by atoms with Crippen LogP contribution in [0.2, 0.25) is 0 Å². The molecule has 0 spiro atoms. The Morgan fingerprint density at radius 3 is 2.71 bits per heavy atom. The second kappa shape index (κ2) is 6.06. The topological polar surface area (TPSA) is 67.4 Å². The van der Waals surface area contributed by atoms with Gasteiger partial charge < -0.3 is 10.6 Å². The summed E-state index contributed by atoms with van der Waals surface area (Å²) in [5, 5.41) is 4.13. The van der Waals surface area contributed by atoms with Crippen LogP contribution in [0.25, 0.3) is 0 Å². The molecule has 0 radical (unpaired) electrons. The van der Waals surface area contributed by atoms with Gasteiger partial charge in [0.15, 0.2) is 0 Å². The second-order valence-corrected chi connectivity index (χ2v) is 6.83. The van der Waals surface area contributed by atoms with Crippen molar-refractivity contribution in [1.29, 1.82) is 0 Å². The molecule has 0 amide bonds. The standard InChI is InChI=1S/C14H22BrN5O/c1-18-14(21)13(15)12(8-17-18)20-7-4-11(9-20)19-5-2-10(16)3-6-19/h8,10-11H,2-7,9,16H2,1H3. The fraction of sp³-hybridized carbons (Fsp3) is 0.714. The molecule has 2 saturated heterocycles. The molecule has 0 bridgehead atoms. The van der Waals surface area contributed by atoms with Gasteiger partial charge in [-0.1, -0.05) is 0 Å². The van der Waals surface area contributed by atoms with Crippen molar-refractivity contribution in [2.24, 2.45) is 12.8 Å². The first kappa shape index (κ1) is 15.0. The van der Waals surface area contributed by atoms with E-state index in [4.69, 9.17) is 5.73 Å². The molecule has 6 nitrogen and oxygen atoms in total. The monoisotopic (exact) mass is 355 g/mol. The summed E-state index contributed by atoms with van der Waals surface area (Å²) in [7, 11) is 1.67. The van der Waals surface area contributed by atoms with E-state index in [1.165, 1.54) is 4.68 Å². The molecule has 21 heavy (non-hydrogen) atoms. The number of aromatic nitrogens is 2. The molecule has 1 aromatic heterocycles. The Labute approximate surface area is 133 Å². The van der Waals surface area contributed by atoms with Crippen molar-refractivity contribution in [3.05, 3.63) is 21.0 Å². The maximum absolute atomic E-state index is 12.0. The maximum Gasteiger partial charge on any atom is 0.282 e. The summed E-state index contributed by atoms with van der Waals surface area (Å²) in [6, 6.07) is 0.933. The van der Waals surface area contributed by atoms with Crippen LogP contribution >= 0.6 is 15.9 Å². The van der Waals surface area contributed by atoms with E-state index < -0.39 is 0 Å². The van der Waals surface area contributed by atoms with E-state index in [1.807, 2.05) is 0 Å². The third kappa shape index (κ3) is 3.00. The van der Waals surface area contributed by atoms with E-state index in [1.54, 1.807) is 13.2 Å². The lowest BCUT2D eigenvalue weighted by Crippen LogP contribution is -2.46. The minimum atomic E-state index is -0.0834. The van der Waals surface area contributed by atoms with Crippen molar-refractivity contribution in [2.75, 3.05) is 31.1 Å². The third-order valence-corrected chi connectivity index (χ3v) is 5.40. The molecule has 0 aromatic carbocycles. The van der Waals surface area contributed by atoms with Gasteiger partial charge in [0.1, 0.15) is 4.47 Å². The van der Waals surface area contributed by atoms with E-state index >= 15 is 0 Å². The highest BCUT2D eigenvalue weighted by Gasteiger charge is 2.31. The number of nitrogens with zero attached hydrogens (tertiary/aromatic N) is 4. The Bertz CT molecular complexity index is 567. The predicted octanol–water partition coefficient (Wildman–Crippen LogP) is 0.545. The van der Waals surface area contributed by atoms with Gasteiger partial charge >= 0.3 is 0 Å². The van der Waals surface area contributed by atoms with Crippen molar-refractivity contribution in [2.45, 2.75) is 31.3 Å². The molecule has 3 heterocycles. The smallest absolute Gasteiger partial charge is 0.282 e. The van der Waals surface area contributed by atoms with Crippen molar-refractivity contribution >= 4 is 21.6 Å². The summed E-state index contributed by atoms with van der Waals surface area (Å²) < 4.78 is 1.97. The number of halogens is 1. The molecule has 0 aliphatic carbocycles. The van der Waals surface area contributed by atoms with Gasteiger partial charge in [-0.15, -0.1) is 0 Å². The molecule has 3 rings (SSSR count). The van der Waals surface area contributed by atoms with Gasteiger partial charge in [-0.05, 0) is 48.3 Å². The van der Waals surface area contributed by atoms with Crippen LogP contribution in [0.3, 0.4) is 0 Å². The normalized spacial score (nSPS) is 24.7. The molecule has 1 unspecified atom stereocenters. The van der Waals surface area contributed by atoms with Gasteiger partial charge in [0.2, 0.25) is 0 Å². The zero-order chi connectivity index (χ0) is 15.0. The Balaban J connectivity index is 1.70. The van der Waals surface area contributed by atoms with Crippen LogP contribution in [-0.2, 0) is 7.05 Å². The molecule has 1 atom stereocenters. The van der Waals surface area contributed by atoms with Crippen LogP contribution < -0.4 is 16.2 Å². The van der Waals surface area contributed by atoms with Gasteiger partial charge in [-0.2, -0.15) is 5.10 Å². The summed E-state index contributed by atoms with van der Waals surface area (Å²) in [6.45, 7) is 4.12. The largest absolute Gasteiger partial charge is 0.368 e. The third-order valence-electron chi connectivity index (χ3n) is 4.65. The van der Waals surface area contributed by atoms with E-state index in [0.717, 1.165) is 51.1 Å². The highest BCUT2D eigenvalue weighted by molar-refractivity contribution is 9.10. The van der Waals surface area contributed by atoms with Gasteiger partial charge in [-0.25, -0.2) is 4.68 Å². The van der Waals surface area contributed by atoms with Gasteiger partial charge in [0.05, 0.1) is 11.9 Å². The first-order valence-electron chi connectivity index (χ1n) is 7.52. The molecule has 7 heteroatoms. The number of piperidine rings is 1. The van der Waals surface area contributed by atoms with Crippen LogP contribution in [-0.4, -0.2) is 52.9 Å². The van der Waals surface area contributed by atoms with Gasteiger partial charge in [0, 0.05) is 32.2 Å². The number of hydrogen-bond donors (Lipinski definition) is 1. The van der Waals surface area contributed by atoms with Crippen molar-refractivity contribution in [3.8, 4) is 0 Å². The van der Waals surface area contributed by atoms with E-state index in [0.29, 0.717) is 16.6 Å².